The third kappa shape index (κ3) is 4.59. The molecule has 0 aliphatic heterocycles. The van der Waals surface area contributed by atoms with Crippen LogP contribution in [0.3, 0.4) is 0 Å². The lowest BCUT2D eigenvalue weighted by molar-refractivity contribution is 0.102. The summed E-state index contributed by atoms with van der Waals surface area (Å²) in [6, 6.07) is 14.2. The van der Waals surface area contributed by atoms with Crippen molar-refractivity contribution < 1.29 is 17.6 Å². The highest BCUT2D eigenvalue weighted by Gasteiger charge is 2.18. The number of amides is 1. The van der Waals surface area contributed by atoms with Gasteiger partial charge in [0.25, 0.3) is 15.9 Å². The maximum atomic E-state index is 13.8. The summed E-state index contributed by atoms with van der Waals surface area (Å²) in [4.78, 5) is 20.6. The Morgan fingerprint density at radius 3 is 2.58 bits per heavy atom. The molecule has 0 bridgehead atoms. The fourth-order valence-corrected chi connectivity index (χ4v) is 3.88. The number of hydrogen-bond donors (Lipinski definition) is 2. The molecule has 8 nitrogen and oxygen atoms in total. The molecule has 4 aromatic rings. The van der Waals surface area contributed by atoms with Crippen LogP contribution in [0.2, 0.25) is 0 Å². The first-order chi connectivity index (χ1) is 14.9. The first-order valence-corrected chi connectivity index (χ1v) is 10.5. The largest absolute Gasteiger partial charge is 0.321 e. The van der Waals surface area contributed by atoms with E-state index >= 15 is 0 Å². The number of para-hydroxylation sites is 1. The predicted octanol–water partition coefficient (Wildman–Crippen LogP) is 3.46. The summed E-state index contributed by atoms with van der Waals surface area (Å²) >= 11 is 0. The van der Waals surface area contributed by atoms with Crippen molar-refractivity contribution in [3.63, 3.8) is 0 Å². The van der Waals surface area contributed by atoms with E-state index in [-0.39, 0.29) is 16.1 Å². The molecule has 0 saturated heterocycles. The van der Waals surface area contributed by atoms with Gasteiger partial charge in [0.15, 0.2) is 0 Å². The second-order valence-corrected chi connectivity index (χ2v) is 8.12. The van der Waals surface area contributed by atoms with E-state index in [0.29, 0.717) is 11.5 Å². The van der Waals surface area contributed by atoms with Gasteiger partial charge in [-0.3, -0.25) is 14.1 Å². The van der Waals surface area contributed by atoms with Gasteiger partial charge in [-0.2, -0.15) is 0 Å². The Labute approximate surface area is 177 Å². The molecule has 1 amide bonds. The average Bonchev–Trinajstić information content (AvgIpc) is 3.31. The summed E-state index contributed by atoms with van der Waals surface area (Å²) in [5.41, 5.74) is 0.378. The minimum atomic E-state index is -4.09. The van der Waals surface area contributed by atoms with E-state index in [1.165, 1.54) is 48.7 Å². The summed E-state index contributed by atoms with van der Waals surface area (Å²) in [6.07, 6.45) is 6.44. The van der Waals surface area contributed by atoms with Crippen LogP contribution in [0, 0.1) is 5.82 Å². The second kappa shape index (κ2) is 8.36. The number of anilines is 2. The molecule has 0 saturated carbocycles. The van der Waals surface area contributed by atoms with Gasteiger partial charge in [-0.15, -0.1) is 0 Å². The summed E-state index contributed by atoms with van der Waals surface area (Å²) in [5, 5.41) is 2.67. The molecule has 0 unspecified atom stereocenters. The molecular formula is C21H16FN5O3S. The van der Waals surface area contributed by atoms with E-state index in [9.17, 15) is 17.6 Å². The predicted molar refractivity (Wildman–Crippen MR) is 113 cm³/mol. The molecule has 0 aliphatic carbocycles. The quantitative estimate of drug-likeness (QED) is 0.481. The molecule has 2 aromatic carbocycles. The number of hydrogen-bond acceptors (Lipinski definition) is 5. The van der Waals surface area contributed by atoms with Gasteiger partial charge in [0, 0.05) is 18.0 Å². The van der Waals surface area contributed by atoms with Gasteiger partial charge in [-0.1, -0.05) is 18.2 Å². The maximum absolute atomic E-state index is 13.8. The lowest BCUT2D eigenvalue weighted by Crippen LogP contribution is -2.16. The van der Waals surface area contributed by atoms with Gasteiger partial charge >= 0.3 is 0 Å². The van der Waals surface area contributed by atoms with E-state index in [1.807, 2.05) is 0 Å². The number of halogens is 1. The Kier molecular flexibility index (Phi) is 5.46. The third-order valence-corrected chi connectivity index (χ3v) is 5.66. The molecule has 31 heavy (non-hydrogen) atoms. The lowest BCUT2D eigenvalue weighted by atomic mass is 10.2. The van der Waals surface area contributed by atoms with Crippen molar-refractivity contribution >= 4 is 27.3 Å². The molecule has 0 atom stereocenters. The molecule has 0 radical (unpaired) electrons. The standard InChI is InChI=1S/C21H16FN5O3S/c22-18-6-1-2-7-19(18)26-31(29,30)17-5-3-4-15(12-17)21(28)25-16-8-9-20(24-13-16)27-11-10-23-14-27/h1-14,26H,(H,25,28). The van der Waals surface area contributed by atoms with Crippen LogP contribution in [0.25, 0.3) is 5.82 Å². The number of sulfonamides is 1. The van der Waals surface area contributed by atoms with Crippen LogP contribution < -0.4 is 10.0 Å². The van der Waals surface area contributed by atoms with Crippen molar-refractivity contribution in [3.05, 3.63) is 97.0 Å². The summed E-state index contributed by atoms with van der Waals surface area (Å²) in [6.45, 7) is 0. The lowest BCUT2D eigenvalue weighted by Gasteiger charge is -2.10. The van der Waals surface area contributed by atoms with Crippen molar-refractivity contribution in [2.45, 2.75) is 4.90 Å². The number of imidazole rings is 1. The van der Waals surface area contributed by atoms with Gasteiger partial charge in [0.1, 0.15) is 18.0 Å². The smallest absolute Gasteiger partial charge is 0.262 e. The third-order valence-electron chi connectivity index (χ3n) is 4.30. The van der Waals surface area contributed by atoms with Crippen LogP contribution in [-0.4, -0.2) is 28.9 Å². The molecule has 156 valence electrons. The average molecular weight is 437 g/mol. The molecule has 4 rings (SSSR count). The van der Waals surface area contributed by atoms with E-state index in [2.05, 4.69) is 20.0 Å². The Balaban J connectivity index is 1.51. The number of nitrogens with one attached hydrogen (secondary N) is 2. The van der Waals surface area contributed by atoms with E-state index in [0.717, 1.165) is 6.07 Å². The zero-order chi connectivity index (χ0) is 21.8. The minimum Gasteiger partial charge on any atom is -0.321 e. The Hall–Kier alpha value is -4.05. The fourth-order valence-electron chi connectivity index (χ4n) is 2.76. The van der Waals surface area contributed by atoms with Crippen LogP contribution in [0.1, 0.15) is 10.4 Å². The Bertz CT molecular complexity index is 1320. The van der Waals surface area contributed by atoms with Crippen LogP contribution in [-0.2, 0) is 10.0 Å². The number of carbonyl (C=O) groups is 1. The van der Waals surface area contributed by atoms with Crippen LogP contribution >= 0.6 is 0 Å². The second-order valence-electron chi connectivity index (χ2n) is 6.44. The topological polar surface area (TPSA) is 106 Å². The van der Waals surface area contributed by atoms with Crippen molar-refractivity contribution in [2.24, 2.45) is 0 Å². The highest BCUT2D eigenvalue weighted by Crippen LogP contribution is 2.20. The van der Waals surface area contributed by atoms with Gasteiger partial charge in [0.05, 0.1) is 22.5 Å². The highest BCUT2D eigenvalue weighted by atomic mass is 32.2. The number of benzene rings is 2. The van der Waals surface area contributed by atoms with Crippen LogP contribution in [0.5, 0.6) is 0 Å². The molecule has 0 fully saturated rings. The summed E-state index contributed by atoms with van der Waals surface area (Å²) in [5.74, 6) is -0.588. The van der Waals surface area contributed by atoms with E-state index < -0.39 is 21.7 Å². The molecule has 10 heteroatoms. The van der Waals surface area contributed by atoms with Crippen molar-refractivity contribution in [2.75, 3.05) is 10.0 Å². The maximum Gasteiger partial charge on any atom is 0.262 e. The van der Waals surface area contributed by atoms with Crippen molar-refractivity contribution in [1.82, 2.24) is 14.5 Å². The molecule has 0 spiro atoms. The molecule has 2 N–H and O–H groups in total. The van der Waals surface area contributed by atoms with Gasteiger partial charge < -0.3 is 5.32 Å². The number of nitrogens with zero attached hydrogens (tertiary/aromatic N) is 3. The zero-order valence-electron chi connectivity index (χ0n) is 15.9. The Morgan fingerprint density at radius 1 is 1.03 bits per heavy atom. The van der Waals surface area contributed by atoms with Crippen LogP contribution in [0.15, 0.2) is 90.5 Å². The minimum absolute atomic E-state index is 0.120. The Morgan fingerprint density at radius 2 is 1.87 bits per heavy atom. The highest BCUT2D eigenvalue weighted by molar-refractivity contribution is 7.92. The zero-order valence-corrected chi connectivity index (χ0v) is 16.8. The number of carbonyl (C=O) groups excluding carboxylic acids is 1. The van der Waals surface area contributed by atoms with Crippen molar-refractivity contribution in [1.29, 1.82) is 0 Å². The first kappa shape index (κ1) is 20.2. The molecule has 2 aromatic heterocycles. The summed E-state index contributed by atoms with van der Waals surface area (Å²) in [7, 11) is -4.09. The van der Waals surface area contributed by atoms with Gasteiger partial charge in [-0.25, -0.2) is 22.8 Å². The fraction of sp³-hybridized carbons (Fsp3) is 0. The SMILES string of the molecule is O=C(Nc1ccc(-n2ccnc2)nc1)c1cccc(S(=O)(=O)Nc2ccccc2F)c1. The van der Waals surface area contributed by atoms with Crippen LogP contribution in [0.4, 0.5) is 15.8 Å². The number of rotatable bonds is 6. The number of aromatic nitrogens is 3. The monoisotopic (exact) mass is 437 g/mol. The molecule has 2 heterocycles. The first-order valence-electron chi connectivity index (χ1n) is 9.05. The number of pyridine rings is 1. The molecular weight excluding hydrogens is 421 g/mol. The summed E-state index contributed by atoms with van der Waals surface area (Å²) < 4.78 is 42.9. The van der Waals surface area contributed by atoms with E-state index in [1.54, 1.807) is 35.4 Å². The van der Waals surface area contributed by atoms with Crippen molar-refractivity contribution in [3.8, 4) is 5.82 Å². The van der Waals surface area contributed by atoms with Gasteiger partial charge in [0.2, 0.25) is 0 Å². The van der Waals surface area contributed by atoms with Gasteiger partial charge in [-0.05, 0) is 42.5 Å². The normalized spacial score (nSPS) is 11.1. The van der Waals surface area contributed by atoms with E-state index in [4.69, 9.17) is 0 Å². The molecule has 0 aliphatic rings.